The van der Waals surface area contributed by atoms with Crippen molar-refractivity contribution in [3.63, 3.8) is 0 Å². The first-order valence-electron chi connectivity index (χ1n) is 8.76. The minimum Gasteiger partial charge on any atom is -0.0656 e. The van der Waals surface area contributed by atoms with Crippen LogP contribution < -0.4 is 0 Å². The van der Waals surface area contributed by atoms with Crippen molar-refractivity contribution in [2.75, 3.05) is 0 Å². The fourth-order valence-electron chi connectivity index (χ4n) is 1.81. The van der Waals surface area contributed by atoms with E-state index >= 15 is 0 Å². The molecule has 0 bridgehead atoms. The van der Waals surface area contributed by atoms with Gasteiger partial charge in [-0.25, -0.2) is 0 Å². The highest BCUT2D eigenvalue weighted by atomic mass is 14.3. The van der Waals surface area contributed by atoms with Crippen LogP contribution in [0.4, 0.5) is 0 Å². The van der Waals surface area contributed by atoms with Crippen LogP contribution in [-0.2, 0) is 0 Å². The average molecular weight is 273 g/mol. The molecule has 0 aromatic rings. The van der Waals surface area contributed by atoms with Crippen LogP contribution in [0.15, 0.2) is 0 Å². The largest absolute Gasteiger partial charge is 0.0656 e. The molecule has 0 aliphatic carbocycles. The average Bonchev–Trinajstić information content (AvgIpc) is 2.36. The van der Waals surface area contributed by atoms with Crippen molar-refractivity contribution >= 4 is 0 Å². The van der Waals surface area contributed by atoms with Gasteiger partial charge in [0.2, 0.25) is 0 Å². The molecule has 0 radical (unpaired) electrons. The lowest BCUT2D eigenvalue weighted by Crippen LogP contribution is -2.18. The maximum Gasteiger partial charge on any atom is -0.0328 e. The summed E-state index contributed by atoms with van der Waals surface area (Å²) in [5.74, 6) is 1.79. The summed E-state index contributed by atoms with van der Waals surface area (Å²) in [4.78, 5) is 0. The van der Waals surface area contributed by atoms with Crippen molar-refractivity contribution in [2.24, 2.45) is 17.3 Å². The van der Waals surface area contributed by atoms with Crippen molar-refractivity contribution in [1.29, 1.82) is 0 Å². The van der Waals surface area contributed by atoms with Gasteiger partial charge in [-0.3, -0.25) is 0 Å². The van der Waals surface area contributed by atoms with Gasteiger partial charge in [-0.1, -0.05) is 101 Å². The lowest BCUT2D eigenvalue weighted by atomic mass is 9.75. The molecule has 0 heteroatoms. The molecule has 0 fully saturated rings. The number of hydrogen-bond donors (Lipinski definition) is 0. The van der Waals surface area contributed by atoms with Crippen LogP contribution in [0.1, 0.15) is 108 Å². The fraction of sp³-hybridized carbons (Fsp3) is 1.00. The van der Waals surface area contributed by atoms with Crippen molar-refractivity contribution < 1.29 is 0 Å². The third-order valence-electron chi connectivity index (χ3n) is 3.64. The van der Waals surface area contributed by atoms with Crippen LogP contribution in [0.5, 0.6) is 0 Å². The highest BCUT2D eigenvalue weighted by Gasteiger charge is 2.22. The Morgan fingerprint density at radius 2 is 1.00 bits per heavy atom. The van der Waals surface area contributed by atoms with E-state index in [9.17, 15) is 0 Å². The van der Waals surface area contributed by atoms with Gasteiger partial charge in [0.1, 0.15) is 0 Å². The third-order valence-corrected chi connectivity index (χ3v) is 3.64. The van der Waals surface area contributed by atoms with Gasteiger partial charge in [0.15, 0.2) is 0 Å². The van der Waals surface area contributed by atoms with Crippen molar-refractivity contribution in [3.05, 3.63) is 0 Å². The van der Waals surface area contributed by atoms with Crippen molar-refractivity contribution in [3.8, 4) is 0 Å². The van der Waals surface area contributed by atoms with Gasteiger partial charge in [-0.05, 0) is 23.7 Å². The molecule has 19 heavy (non-hydrogen) atoms. The first-order chi connectivity index (χ1) is 8.76. The summed E-state index contributed by atoms with van der Waals surface area (Å²) >= 11 is 0. The molecule has 0 unspecified atom stereocenters. The van der Waals surface area contributed by atoms with Gasteiger partial charge in [0.25, 0.3) is 0 Å². The summed E-state index contributed by atoms with van der Waals surface area (Å²) in [6, 6.07) is 0. The highest BCUT2D eigenvalue weighted by Crippen LogP contribution is 2.35. The highest BCUT2D eigenvalue weighted by molar-refractivity contribution is 4.74. The predicted octanol–water partition coefficient (Wildman–Crippen LogP) is 7.72. The molecule has 0 amide bonds. The van der Waals surface area contributed by atoms with Gasteiger partial charge in [-0.2, -0.15) is 0 Å². The van der Waals surface area contributed by atoms with Crippen LogP contribution in [-0.4, -0.2) is 0 Å². The number of rotatable bonds is 6. The summed E-state index contributed by atoms with van der Waals surface area (Å²) < 4.78 is 0. The van der Waals surface area contributed by atoms with Gasteiger partial charge < -0.3 is 0 Å². The Bertz CT molecular complexity index is 135. The van der Waals surface area contributed by atoms with E-state index in [-0.39, 0.29) is 0 Å². The molecule has 0 rings (SSSR count). The molecule has 0 nitrogen and oxygen atoms in total. The third kappa shape index (κ3) is 20.5. The first-order valence-corrected chi connectivity index (χ1v) is 8.76. The molecule has 0 aromatic heterocycles. The van der Waals surface area contributed by atoms with E-state index in [1.54, 1.807) is 0 Å². The summed E-state index contributed by atoms with van der Waals surface area (Å²) in [5, 5.41) is 0. The Hall–Kier alpha value is 0. The minimum atomic E-state index is 0.608. The van der Waals surface area contributed by atoms with E-state index < -0.39 is 0 Å². The van der Waals surface area contributed by atoms with Gasteiger partial charge in [0, 0.05) is 0 Å². The van der Waals surface area contributed by atoms with E-state index in [2.05, 4.69) is 69.2 Å². The maximum absolute atomic E-state index is 2.44. The monoisotopic (exact) mass is 272 g/mol. The van der Waals surface area contributed by atoms with E-state index in [0.29, 0.717) is 5.41 Å². The van der Waals surface area contributed by atoms with Crippen molar-refractivity contribution in [2.45, 2.75) is 108 Å². The molecule has 0 saturated carbocycles. The van der Waals surface area contributed by atoms with E-state index in [1.165, 1.54) is 38.5 Å². The van der Waals surface area contributed by atoms with Crippen LogP contribution >= 0.6 is 0 Å². The van der Waals surface area contributed by atoms with Gasteiger partial charge >= 0.3 is 0 Å². The summed E-state index contributed by atoms with van der Waals surface area (Å²) in [7, 11) is 0. The zero-order chi connectivity index (χ0) is 15.9. The minimum absolute atomic E-state index is 0.608. The standard InChI is InChI=1S/C12H26.C4H10.C3H8/c1-6-11(7-2)10-12(5,8-3)9-4;1-4(2)3;1-3-2/h11H,6-10H2,1-5H3;4H,1-3H3;3H2,1-2H3. The molecular formula is C19H44. The SMILES string of the molecule is CC(C)C.CCC.CCC(CC)CC(C)(CC)CC. The molecule has 0 N–H and O–H groups in total. The fourth-order valence-corrected chi connectivity index (χ4v) is 1.81. The lowest BCUT2D eigenvalue weighted by Gasteiger charge is -2.30. The molecular weight excluding hydrogens is 228 g/mol. The molecule has 0 heterocycles. The van der Waals surface area contributed by atoms with Gasteiger partial charge in [-0.15, -0.1) is 0 Å². The van der Waals surface area contributed by atoms with Crippen LogP contribution in [0, 0.1) is 17.3 Å². The molecule has 0 saturated heterocycles. The zero-order valence-corrected chi connectivity index (χ0v) is 15.9. The van der Waals surface area contributed by atoms with Crippen LogP contribution in [0.2, 0.25) is 0 Å². The summed E-state index contributed by atoms with van der Waals surface area (Å²) in [5.41, 5.74) is 0.608. The van der Waals surface area contributed by atoms with E-state index in [1.807, 2.05) is 0 Å². The molecule has 0 aromatic carbocycles. The van der Waals surface area contributed by atoms with Crippen LogP contribution in [0.25, 0.3) is 0 Å². The smallest absolute Gasteiger partial charge is 0.0328 e. The Balaban J connectivity index is -0.000000303. The summed E-state index contributed by atoms with van der Waals surface area (Å²) in [6.45, 7) is 22.5. The lowest BCUT2D eigenvalue weighted by molar-refractivity contribution is 0.213. The van der Waals surface area contributed by atoms with E-state index in [4.69, 9.17) is 0 Å². The van der Waals surface area contributed by atoms with E-state index in [0.717, 1.165) is 11.8 Å². The molecule has 0 atom stereocenters. The predicted molar refractivity (Wildman–Crippen MR) is 93.9 cm³/mol. The molecule has 0 spiro atoms. The Morgan fingerprint density at radius 1 is 0.737 bits per heavy atom. The molecule has 120 valence electrons. The maximum atomic E-state index is 2.44. The molecule has 0 aliphatic heterocycles. The van der Waals surface area contributed by atoms with Crippen molar-refractivity contribution in [1.82, 2.24) is 0 Å². The van der Waals surface area contributed by atoms with Gasteiger partial charge in [0.05, 0.1) is 0 Å². The van der Waals surface area contributed by atoms with Crippen LogP contribution in [0.3, 0.4) is 0 Å². The second-order valence-corrected chi connectivity index (χ2v) is 6.84. The normalized spacial score (nSPS) is 10.7. The topological polar surface area (TPSA) is 0 Å². The Labute approximate surface area is 125 Å². The molecule has 0 aliphatic rings. The first kappa shape index (κ1) is 24.0. The number of hydrogen-bond acceptors (Lipinski definition) is 0. The summed E-state index contributed by atoms with van der Waals surface area (Å²) in [6.07, 6.45) is 8.05. The quantitative estimate of drug-likeness (QED) is 0.464. The zero-order valence-electron chi connectivity index (χ0n) is 15.9. The second kappa shape index (κ2) is 16.1. The second-order valence-electron chi connectivity index (χ2n) is 6.84. The Morgan fingerprint density at radius 3 is 1.16 bits per heavy atom. The Kier molecular flexibility index (Phi) is 20.3.